The molecule has 0 unspecified atom stereocenters. The number of aromatic nitrogens is 3. The lowest BCUT2D eigenvalue weighted by Gasteiger charge is -2.19. The van der Waals surface area contributed by atoms with E-state index in [1.165, 1.54) is 10.5 Å². The molecule has 3 heterocycles. The molecule has 1 N–H and O–H groups in total. The minimum Gasteiger partial charge on any atom is -0.268 e. The summed E-state index contributed by atoms with van der Waals surface area (Å²) in [4.78, 5) is 16.7. The highest BCUT2D eigenvalue weighted by molar-refractivity contribution is 7.91. The summed E-state index contributed by atoms with van der Waals surface area (Å²) in [6, 6.07) is 8.87. The van der Waals surface area contributed by atoms with Crippen LogP contribution in [0.1, 0.15) is 21.6 Å². The summed E-state index contributed by atoms with van der Waals surface area (Å²) in [7, 11) is -2.23. The summed E-state index contributed by atoms with van der Waals surface area (Å²) >= 11 is 0. The summed E-state index contributed by atoms with van der Waals surface area (Å²) in [5, 5.41) is 4.96. The molecule has 26 heavy (non-hydrogen) atoms. The van der Waals surface area contributed by atoms with Gasteiger partial charge < -0.3 is 0 Å². The summed E-state index contributed by atoms with van der Waals surface area (Å²) in [6.45, 7) is 2.12. The molecule has 9 heteroatoms. The van der Waals surface area contributed by atoms with Crippen molar-refractivity contribution in [3.8, 4) is 0 Å². The van der Waals surface area contributed by atoms with Crippen molar-refractivity contribution in [1.29, 1.82) is 0 Å². The van der Waals surface area contributed by atoms with Crippen LogP contribution >= 0.6 is 0 Å². The molecular formula is C17H17N5O3S. The molecule has 8 nitrogen and oxygen atoms in total. The Morgan fingerprint density at radius 1 is 1.27 bits per heavy atom. The van der Waals surface area contributed by atoms with Crippen molar-refractivity contribution in [2.45, 2.75) is 13.3 Å². The Morgan fingerprint density at radius 3 is 2.85 bits per heavy atom. The maximum Gasteiger partial charge on any atom is 0.326 e. The smallest absolute Gasteiger partial charge is 0.268 e. The largest absolute Gasteiger partial charge is 0.326 e. The van der Waals surface area contributed by atoms with Crippen LogP contribution in [0.25, 0.3) is 11.0 Å². The molecule has 0 bridgehead atoms. The fourth-order valence-electron chi connectivity index (χ4n) is 3.22. The third-order valence-electron chi connectivity index (χ3n) is 4.48. The molecule has 0 saturated heterocycles. The van der Waals surface area contributed by atoms with Crippen LogP contribution < -0.4 is 9.03 Å². The van der Waals surface area contributed by atoms with Crippen molar-refractivity contribution in [3.05, 3.63) is 53.3 Å². The number of para-hydroxylation sites is 1. The average molecular weight is 371 g/mol. The molecule has 0 aliphatic carbocycles. The van der Waals surface area contributed by atoms with Crippen LogP contribution in [0.2, 0.25) is 0 Å². The van der Waals surface area contributed by atoms with Crippen LogP contribution in [0.4, 0.5) is 5.69 Å². The van der Waals surface area contributed by atoms with Crippen LogP contribution in [-0.4, -0.2) is 35.6 Å². The van der Waals surface area contributed by atoms with Gasteiger partial charge in [0.25, 0.3) is 5.91 Å². The van der Waals surface area contributed by atoms with Gasteiger partial charge in [-0.1, -0.05) is 18.2 Å². The highest BCUT2D eigenvalue weighted by Gasteiger charge is 2.30. The monoisotopic (exact) mass is 371 g/mol. The predicted octanol–water partition coefficient (Wildman–Crippen LogP) is 1.31. The molecule has 0 atom stereocenters. The van der Waals surface area contributed by atoms with Gasteiger partial charge in [-0.05, 0) is 31.0 Å². The molecule has 1 amide bonds. The second-order valence-electron chi connectivity index (χ2n) is 6.19. The second kappa shape index (κ2) is 5.80. The maximum atomic E-state index is 12.7. The Balaban J connectivity index is 1.63. The first-order chi connectivity index (χ1) is 12.4. The van der Waals surface area contributed by atoms with Gasteiger partial charge in [-0.3, -0.25) is 13.8 Å². The number of aryl methyl sites for hydroxylation is 2. The van der Waals surface area contributed by atoms with Gasteiger partial charge in [0.1, 0.15) is 0 Å². The van der Waals surface area contributed by atoms with E-state index >= 15 is 0 Å². The normalized spacial score (nSPS) is 13.8. The topological polar surface area (TPSA) is 97.2 Å². The summed E-state index contributed by atoms with van der Waals surface area (Å²) in [5.74, 6) is -0.716. The lowest BCUT2D eigenvalue weighted by molar-refractivity contribution is 0.0981. The Labute approximate surface area is 150 Å². The fraction of sp³-hybridized carbons (Fsp3) is 0.235. The van der Waals surface area contributed by atoms with Crippen LogP contribution in [0, 0.1) is 6.92 Å². The van der Waals surface area contributed by atoms with E-state index in [0.717, 1.165) is 11.3 Å². The first-order valence-electron chi connectivity index (χ1n) is 8.09. The van der Waals surface area contributed by atoms with Gasteiger partial charge in [0.05, 0.1) is 16.9 Å². The third kappa shape index (κ3) is 2.60. The molecule has 0 saturated carbocycles. The Kier molecular flexibility index (Phi) is 3.69. The maximum absolute atomic E-state index is 12.7. The minimum absolute atomic E-state index is 0.171. The summed E-state index contributed by atoms with van der Waals surface area (Å²) < 4.78 is 30.3. The molecule has 1 aromatic carbocycles. The zero-order chi connectivity index (χ0) is 18.5. The van der Waals surface area contributed by atoms with Gasteiger partial charge >= 0.3 is 10.2 Å². The molecule has 0 spiro atoms. The Hall–Kier alpha value is -2.94. The van der Waals surface area contributed by atoms with E-state index in [2.05, 4.69) is 14.8 Å². The van der Waals surface area contributed by atoms with Gasteiger partial charge in [-0.25, -0.2) is 9.71 Å². The molecule has 2 aromatic heterocycles. The number of nitrogens with one attached hydrogen (secondary N) is 1. The summed E-state index contributed by atoms with van der Waals surface area (Å²) in [6.07, 6.45) is 1.97. The predicted molar refractivity (Wildman–Crippen MR) is 97.1 cm³/mol. The molecule has 1 aliphatic rings. The standard InChI is InChI=1S/C17H17N5O3S/c1-11-14-9-13(10-18-16(14)21(2)19-11)17(23)20-26(24,25)22-8-7-12-5-3-4-6-15(12)22/h3-6,9-10H,7-8H2,1-2H3,(H,20,23). The zero-order valence-corrected chi connectivity index (χ0v) is 15.1. The van der Waals surface area contributed by atoms with E-state index in [4.69, 9.17) is 0 Å². The van der Waals surface area contributed by atoms with Gasteiger partial charge in [-0.15, -0.1) is 0 Å². The minimum atomic E-state index is -3.99. The van der Waals surface area contributed by atoms with Crippen molar-refractivity contribution in [1.82, 2.24) is 19.5 Å². The molecule has 3 aromatic rings. The van der Waals surface area contributed by atoms with Crippen LogP contribution in [0.15, 0.2) is 36.5 Å². The van der Waals surface area contributed by atoms with Crippen molar-refractivity contribution in [2.24, 2.45) is 7.05 Å². The number of fused-ring (bicyclic) bond motifs is 2. The van der Waals surface area contributed by atoms with E-state index in [1.807, 2.05) is 19.1 Å². The number of benzene rings is 1. The summed E-state index contributed by atoms with van der Waals surface area (Å²) in [5.41, 5.74) is 3.07. The lowest BCUT2D eigenvalue weighted by atomic mass is 10.2. The van der Waals surface area contributed by atoms with Crippen molar-refractivity contribution in [2.75, 3.05) is 10.8 Å². The number of pyridine rings is 1. The molecular weight excluding hydrogens is 354 g/mol. The third-order valence-corrected chi connectivity index (χ3v) is 5.88. The first-order valence-corrected chi connectivity index (χ1v) is 9.53. The van der Waals surface area contributed by atoms with E-state index in [9.17, 15) is 13.2 Å². The molecule has 0 fully saturated rings. The number of amides is 1. The van der Waals surface area contributed by atoms with Crippen molar-refractivity contribution < 1.29 is 13.2 Å². The highest BCUT2D eigenvalue weighted by Crippen LogP contribution is 2.29. The average Bonchev–Trinajstić information content (AvgIpc) is 3.16. The Morgan fingerprint density at radius 2 is 2.04 bits per heavy atom. The first kappa shape index (κ1) is 16.5. The molecule has 1 aliphatic heterocycles. The van der Waals surface area contributed by atoms with Gasteiger partial charge in [0.2, 0.25) is 0 Å². The van der Waals surface area contributed by atoms with E-state index in [-0.39, 0.29) is 5.56 Å². The van der Waals surface area contributed by atoms with Crippen LogP contribution in [0.5, 0.6) is 0 Å². The Bertz CT molecular complexity index is 1140. The number of nitrogens with zero attached hydrogens (tertiary/aromatic N) is 4. The fourth-order valence-corrected chi connectivity index (χ4v) is 4.45. The number of hydrogen-bond donors (Lipinski definition) is 1. The number of carbonyl (C=O) groups excluding carboxylic acids is 1. The number of carbonyl (C=O) groups is 1. The van der Waals surface area contributed by atoms with E-state index < -0.39 is 16.1 Å². The molecule has 134 valence electrons. The number of hydrogen-bond acceptors (Lipinski definition) is 5. The van der Waals surface area contributed by atoms with Gasteiger partial charge in [0, 0.05) is 25.2 Å². The van der Waals surface area contributed by atoms with Crippen LogP contribution in [-0.2, 0) is 23.7 Å². The van der Waals surface area contributed by atoms with Crippen molar-refractivity contribution >= 4 is 32.8 Å². The highest BCUT2D eigenvalue weighted by atomic mass is 32.2. The van der Waals surface area contributed by atoms with Gasteiger partial charge in [0.15, 0.2) is 5.65 Å². The lowest BCUT2D eigenvalue weighted by Crippen LogP contribution is -2.42. The quantitative estimate of drug-likeness (QED) is 0.749. The van der Waals surface area contributed by atoms with Crippen LogP contribution in [0.3, 0.4) is 0 Å². The molecule has 4 rings (SSSR count). The zero-order valence-electron chi connectivity index (χ0n) is 14.3. The van der Waals surface area contributed by atoms with Crippen molar-refractivity contribution in [3.63, 3.8) is 0 Å². The van der Waals surface area contributed by atoms with E-state index in [1.54, 1.807) is 29.9 Å². The number of anilines is 1. The molecule has 0 radical (unpaired) electrons. The van der Waals surface area contributed by atoms with Gasteiger partial charge in [-0.2, -0.15) is 13.5 Å². The SMILES string of the molecule is Cc1nn(C)c2ncc(C(=O)NS(=O)(=O)N3CCc4ccccc43)cc12. The number of rotatable bonds is 3. The second-order valence-corrected chi connectivity index (χ2v) is 7.79. The van der Waals surface area contributed by atoms with E-state index in [0.29, 0.717) is 29.7 Å².